The first-order valence-corrected chi connectivity index (χ1v) is 26.9. The van der Waals surface area contributed by atoms with Crippen molar-refractivity contribution in [1.82, 2.24) is 0 Å². The molecule has 4 nitrogen and oxygen atoms in total. The SMILES string of the molecule is Cc1ccccc1N(c1cc2c3c(c1)N(c1cccc(C(C)(C)C)c1)c1cc(C(C)(C)C)ccc1B3c1ccc(C(C)(C)C)cc1N2c1cccc(C(C)(C)C)c1)c1cccc2c1oc1c(C(C)(C)C)cccc12. The maximum atomic E-state index is 7.29. The zero-order valence-corrected chi connectivity index (χ0v) is 46.8. The highest BCUT2D eigenvalue weighted by Crippen LogP contribution is 2.52. The van der Waals surface area contributed by atoms with Gasteiger partial charge >= 0.3 is 0 Å². The van der Waals surface area contributed by atoms with E-state index < -0.39 is 0 Å². The zero-order chi connectivity index (χ0) is 52.6. The maximum Gasteiger partial charge on any atom is 0.252 e. The van der Waals surface area contributed by atoms with E-state index in [9.17, 15) is 0 Å². The fraction of sp³-hybridized carbons (Fsp3) is 0.304. The van der Waals surface area contributed by atoms with Gasteiger partial charge in [-0.1, -0.05) is 201 Å². The molecular weight excluding hydrogens is 898 g/mol. The molecule has 0 saturated carbocycles. The van der Waals surface area contributed by atoms with Gasteiger partial charge in [0.25, 0.3) is 6.71 Å². The predicted octanol–water partition coefficient (Wildman–Crippen LogP) is 17.9. The molecule has 3 heterocycles. The van der Waals surface area contributed by atoms with Crippen molar-refractivity contribution in [3.05, 3.63) is 191 Å². The minimum Gasteiger partial charge on any atom is -0.454 e. The second kappa shape index (κ2) is 17.0. The third-order valence-electron chi connectivity index (χ3n) is 15.9. The van der Waals surface area contributed by atoms with Crippen molar-refractivity contribution in [1.29, 1.82) is 0 Å². The molecule has 5 heteroatoms. The average Bonchev–Trinajstić information content (AvgIpc) is 3.72. The molecule has 0 radical (unpaired) electrons. The van der Waals surface area contributed by atoms with E-state index >= 15 is 0 Å². The van der Waals surface area contributed by atoms with E-state index in [0.717, 1.165) is 50.4 Å². The molecule has 0 aliphatic carbocycles. The first-order chi connectivity index (χ1) is 34.8. The quantitative estimate of drug-likeness (QED) is 0.160. The molecule has 0 unspecified atom stereocenters. The van der Waals surface area contributed by atoms with E-state index in [0.29, 0.717) is 0 Å². The summed E-state index contributed by atoms with van der Waals surface area (Å²) in [5, 5.41) is 2.24. The fourth-order valence-electron chi connectivity index (χ4n) is 11.6. The minimum atomic E-state index is -0.116. The molecule has 0 saturated heterocycles. The first-order valence-electron chi connectivity index (χ1n) is 26.9. The molecular formula is C69H74BN3O. The molecule has 0 bridgehead atoms. The lowest BCUT2D eigenvalue weighted by Crippen LogP contribution is -2.61. The number of hydrogen-bond acceptors (Lipinski definition) is 4. The van der Waals surface area contributed by atoms with Gasteiger partial charge in [-0.3, -0.25) is 0 Å². The van der Waals surface area contributed by atoms with Crippen LogP contribution in [-0.4, -0.2) is 6.71 Å². The van der Waals surface area contributed by atoms with Crippen LogP contribution in [0.1, 0.15) is 137 Å². The van der Waals surface area contributed by atoms with Crippen LogP contribution in [0.15, 0.2) is 162 Å². The lowest BCUT2D eigenvalue weighted by Gasteiger charge is -2.46. The summed E-state index contributed by atoms with van der Waals surface area (Å²) in [5.41, 5.74) is 23.1. The number of aryl methyl sites for hydroxylation is 1. The largest absolute Gasteiger partial charge is 0.454 e. The van der Waals surface area contributed by atoms with Gasteiger partial charge in [-0.15, -0.1) is 0 Å². The van der Waals surface area contributed by atoms with Crippen LogP contribution < -0.4 is 31.1 Å². The molecule has 2 aliphatic rings. The Kier molecular flexibility index (Phi) is 11.3. The van der Waals surface area contributed by atoms with Crippen molar-refractivity contribution in [2.75, 3.05) is 14.7 Å². The highest BCUT2D eigenvalue weighted by Gasteiger charge is 2.45. The first kappa shape index (κ1) is 49.2. The molecule has 0 spiro atoms. The lowest BCUT2D eigenvalue weighted by molar-refractivity contribution is 0.573. The van der Waals surface area contributed by atoms with Crippen LogP contribution in [0.4, 0.5) is 51.2 Å². The summed E-state index contributed by atoms with van der Waals surface area (Å²) in [6.07, 6.45) is 0. The highest BCUT2D eigenvalue weighted by molar-refractivity contribution is 7.00. The van der Waals surface area contributed by atoms with Gasteiger partial charge in [0.15, 0.2) is 5.58 Å². The Bertz CT molecular complexity index is 3540. The van der Waals surface area contributed by atoms with Crippen LogP contribution in [-0.2, 0) is 27.1 Å². The molecule has 0 amide bonds. The molecule has 0 atom stereocenters. The van der Waals surface area contributed by atoms with E-state index in [1.54, 1.807) is 0 Å². The van der Waals surface area contributed by atoms with Gasteiger partial charge in [0.2, 0.25) is 0 Å². The fourth-order valence-corrected chi connectivity index (χ4v) is 11.6. The van der Waals surface area contributed by atoms with Crippen LogP contribution in [0.5, 0.6) is 0 Å². The van der Waals surface area contributed by atoms with Crippen molar-refractivity contribution in [2.24, 2.45) is 0 Å². The second-order valence-electron chi connectivity index (χ2n) is 26.5. The van der Waals surface area contributed by atoms with Gasteiger partial charge in [0, 0.05) is 56.1 Å². The summed E-state index contributed by atoms with van der Waals surface area (Å²) < 4.78 is 7.29. The van der Waals surface area contributed by atoms with Gasteiger partial charge in [0.1, 0.15) is 5.58 Å². The minimum absolute atomic E-state index is 0.0484. The normalized spacial score (nSPS) is 13.9. The summed E-state index contributed by atoms with van der Waals surface area (Å²) in [6.45, 7) is 37.0. The van der Waals surface area contributed by atoms with Crippen LogP contribution in [0, 0.1) is 6.92 Å². The number of anilines is 9. The predicted molar refractivity (Wildman–Crippen MR) is 321 cm³/mol. The molecule has 8 aromatic carbocycles. The van der Waals surface area contributed by atoms with Crippen LogP contribution >= 0.6 is 0 Å². The monoisotopic (exact) mass is 972 g/mol. The molecule has 0 fully saturated rings. The standard InChI is InChI=1S/C69H74BN3O/c1-43-23-17-18-31-56(43)73(57-32-22-29-52-51-28-21-30-53(69(14,15)16)63(51)74-64(52)57)50-41-60-62-61(42-50)72(49-27-20-25-45(38-49)66(5,6)7)59-40-47(68(11,12)13)34-36-55(59)70(62)54-35-33-46(67(8,9)10)39-58(54)71(60)48-26-19-24-44(37-48)65(2,3)4/h17-42H,1-16H3. The number of hydrogen-bond donors (Lipinski definition) is 0. The maximum absolute atomic E-state index is 7.29. The van der Waals surface area contributed by atoms with E-state index in [4.69, 9.17) is 4.42 Å². The van der Waals surface area contributed by atoms with Gasteiger partial charge < -0.3 is 19.1 Å². The van der Waals surface area contributed by atoms with E-state index in [1.807, 2.05) is 0 Å². The highest BCUT2D eigenvalue weighted by atomic mass is 16.3. The summed E-state index contributed by atoms with van der Waals surface area (Å²) in [4.78, 5) is 7.69. The summed E-state index contributed by atoms with van der Waals surface area (Å²) in [6, 6.07) is 60.5. The van der Waals surface area contributed by atoms with E-state index in [2.05, 4.69) is 283 Å². The molecule has 9 aromatic rings. The topological polar surface area (TPSA) is 22.9 Å². The van der Waals surface area contributed by atoms with Crippen molar-refractivity contribution in [3.8, 4) is 0 Å². The Morgan fingerprint density at radius 1 is 0.392 bits per heavy atom. The number of rotatable bonds is 5. The zero-order valence-electron chi connectivity index (χ0n) is 46.8. The molecule has 11 rings (SSSR count). The summed E-state index contributed by atoms with van der Waals surface area (Å²) in [7, 11) is 0. The van der Waals surface area contributed by atoms with Crippen LogP contribution in [0.25, 0.3) is 21.9 Å². The third kappa shape index (κ3) is 8.22. The Labute approximate surface area is 442 Å². The number of fused-ring (bicyclic) bond motifs is 7. The Hall–Kier alpha value is -6.98. The van der Waals surface area contributed by atoms with Gasteiger partial charge in [-0.2, -0.15) is 0 Å². The van der Waals surface area contributed by atoms with Gasteiger partial charge in [0.05, 0.1) is 11.4 Å². The molecule has 1 aromatic heterocycles. The summed E-state index contributed by atoms with van der Waals surface area (Å²) in [5.74, 6) is 0. The smallest absolute Gasteiger partial charge is 0.252 e. The number of benzene rings is 8. The number of nitrogens with zero attached hydrogens (tertiary/aromatic N) is 3. The third-order valence-corrected chi connectivity index (χ3v) is 15.9. The average molecular weight is 972 g/mol. The Morgan fingerprint density at radius 3 is 1.32 bits per heavy atom. The van der Waals surface area contributed by atoms with Crippen molar-refractivity contribution in [2.45, 2.75) is 138 Å². The Morgan fingerprint density at radius 2 is 0.838 bits per heavy atom. The van der Waals surface area contributed by atoms with Crippen LogP contribution in [0.3, 0.4) is 0 Å². The van der Waals surface area contributed by atoms with E-state index in [-0.39, 0.29) is 33.8 Å². The van der Waals surface area contributed by atoms with Crippen molar-refractivity contribution in [3.63, 3.8) is 0 Å². The molecule has 2 aliphatic heterocycles. The van der Waals surface area contributed by atoms with Crippen LogP contribution in [0.2, 0.25) is 0 Å². The van der Waals surface area contributed by atoms with Gasteiger partial charge in [-0.25, -0.2) is 0 Å². The van der Waals surface area contributed by atoms with Crippen molar-refractivity contribution >= 4 is 96.2 Å². The Balaban J connectivity index is 1.32. The lowest BCUT2D eigenvalue weighted by atomic mass is 9.33. The molecule has 374 valence electrons. The molecule has 0 N–H and O–H groups in total. The van der Waals surface area contributed by atoms with Crippen molar-refractivity contribution < 1.29 is 4.42 Å². The number of furan rings is 1. The van der Waals surface area contributed by atoms with Gasteiger partial charge in [-0.05, 0) is 139 Å². The summed E-state index contributed by atoms with van der Waals surface area (Å²) >= 11 is 0. The van der Waals surface area contributed by atoms with E-state index in [1.165, 1.54) is 72.5 Å². The second-order valence-corrected chi connectivity index (χ2v) is 26.5. The molecule has 74 heavy (non-hydrogen) atoms. The number of para-hydroxylation sites is 3.